The molecule has 11 heteroatoms. The Kier molecular flexibility index (Phi) is 6.53. The molecule has 0 spiro atoms. The number of nitrogens with one attached hydrogen (secondary N) is 1. The second-order valence-corrected chi connectivity index (χ2v) is 8.17. The maximum Gasteiger partial charge on any atom is 0.416 e. The van der Waals surface area contributed by atoms with Crippen LogP contribution in [0.2, 0.25) is 0 Å². The zero-order valence-electron chi connectivity index (χ0n) is 19.0. The van der Waals surface area contributed by atoms with E-state index < -0.39 is 11.7 Å². The third-order valence-corrected chi connectivity index (χ3v) is 5.56. The topological polar surface area (TPSA) is 68.6 Å². The molecule has 35 heavy (non-hydrogen) atoms. The van der Waals surface area contributed by atoms with Crippen LogP contribution in [0.4, 0.5) is 18.9 Å². The molecule has 1 N–H and O–H groups in total. The summed E-state index contributed by atoms with van der Waals surface area (Å²) in [6.07, 6.45) is -1.12. The minimum Gasteiger partial charge on any atom is -0.496 e. The number of thiocarbonyl (C=S) groups is 1. The van der Waals surface area contributed by atoms with Crippen LogP contribution in [0.1, 0.15) is 22.4 Å². The molecule has 1 aliphatic heterocycles. The summed E-state index contributed by atoms with van der Waals surface area (Å²) in [5.41, 5.74) is 1.96. The van der Waals surface area contributed by atoms with Gasteiger partial charge in [-0.05, 0) is 61.1 Å². The summed E-state index contributed by atoms with van der Waals surface area (Å²) >= 11 is 5.36. The number of anilines is 1. The predicted octanol–water partition coefficient (Wildman–Crippen LogP) is 4.60. The number of aromatic nitrogens is 2. The molecule has 1 fully saturated rings. The van der Waals surface area contributed by atoms with Crippen molar-refractivity contribution in [2.75, 3.05) is 12.0 Å². The molecule has 7 nitrogen and oxygen atoms in total. The van der Waals surface area contributed by atoms with Crippen molar-refractivity contribution in [1.82, 2.24) is 15.1 Å². The number of ether oxygens (including phenoxy) is 2. The number of halogens is 3. The van der Waals surface area contributed by atoms with Crippen LogP contribution < -0.4 is 19.7 Å². The lowest BCUT2D eigenvalue weighted by Crippen LogP contribution is -2.30. The number of carbonyl (C=O) groups is 1. The van der Waals surface area contributed by atoms with Crippen LogP contribution in [0.15, 0.2) is 54.4 Å². The number of alkyl halides is 3. The number of rotatable bonds is 6. The normalized spacial score (nSPS) is 15.0. The van der Waals surface area contributed by atoms with Gasteiger partial charge < -0.3 is 14.8 Å². The monoisotopic (exact) mass is 502 g/mol. The van der Waals surface area contributed by atoms with Gasteiger partial charge in [0.25, 0.3) is 5.91 Å². The second kappa shape index (κ2) is 9.41. The highest BCUT2D eigenvalue weighted by molar-refractivity contribution is 7.80. The molecular weight excluding hydrogens is 481 g/mol. The summed E-state index contributed by atoms with van der Waals surface area (Å²) in [6.45, 7) is 1.75. The first kappa shape index (κ1) is 24.3. The Morgan fingerprint density at radius 2 is 1.97 bits per heavy atom. The van der Waals surface area contributed by atoms with E-state index in [1.807, 2.05) is 0 Å². The number of nitrogens with zero attached hydrogens (tertiary/aromatic N) is 3. The zero-order chi connectivity index (χ0) is 25.3. The largest absolute Gasteiger partial charge is 0.496 e. The van der Waals surface area contributed by atoms with E-state index in [4.69, 9.17) is 21.7 Å². The van der Waals surface area contributed by atoms with E-state index in [0.717, 1.165) is 12.1 Å². The molecule has 1 aliphatic rings. The highest BCUT2D eigenvalue weighted by atomic mass is 32.1. The number of hydrogen-bond acceptors (Lipinski definition) is 5. The van der Waals surface area contributed by atoms with Crippen molar-refractivity contribution in [2.24, 2.45) is 7.05 Å². The molecule has 4 rings (SSSR count). The van der Waals surface area contributed by atoms with E-state index in [9.17, 15) is 18.0 Å². The number of hydrogen-bond donors (Lipinski definition) is 1. The van der Waals surface area contributed by atoms with Crippen LogP contribution in [0, 0.1) is 6.92 Å². The van der Waals surface area contributed by atoms with E-state index in [1.165, 1.54) is 24.1 Å². The molecule has 0 aliphatic carbocycles. The van der Waals surface area contributed by atoms with Crippen molar-refractivity contribution >= 4 is 35.0 Å². The number of benzene rings is 2. The van der Waals surface area contributed by atoms with Crippen molar-refractivity contribution < 1.29 is 27.4 Å². The molecule has 2 aromatic carbocycles. The summed E-state index contributed by atoms with van der Waals surface area (Å²) in [5, 5.41) is 7.42. The Hall–Kier alpha value is -3.86. The van der Waals surface area contributed by atoms with E-state index in [0.29, 0.717) is 28.3 Å². The molecule has 0 unspecified atom stereocenters. The Bertz CT molecular complexity index is 1330. The lowest BCUT2D eigenvalue weighted by Gasteiger charge is -2.13. The number of amides is 1. The summed E-state index contributed by atoms with van der Waals surface area (Å²) in [7, 11) is 3.24. The van der Waals surface area contributed by atoms with Gasteiger partial charge >= 0.3 is 6.18 Å². The van der Waals surface area contributed by atoms with Crippen molar-refractivity contribution in [2.45, 2.75) is 19.7 Å². The zero-order valence-corrected chi connectivity index (χ0v) is 19.8. The minimum absolute atomic E-state index is 0.0394. The number of aryl methyl sites for hydroxylation is 2. The summed E-state index contributed by atoms with van der Waals surface area (Å²) < 4.78 is 51.5. The maximum atomic E-state index is 13.0. The van der Waals surface area contributed by atoms with Gasteiger partial charge in [-0.3, -0.25) is 9.48 Å². The third-order valence-electron chi connectivity index (χ3n) is 5.28. The molecule has 1 aromatic heterocycles. The molecule has 0 radical (unpaired) electrons. The molecule has 3 aromatic rings. The van der Waals surface area contributed by atoms with Gasteiger partial charge in [0.05, 0.1) is 24.1 Å². The minimum atomic E-state index is -4.47. The smallest absolute Gasteiger partial charge is 0.416 e. The number of carbonyl (C=O) groups excluding carboxylic acids is 1. The van der Waals surface area contributed by atoms with Crippen molar-refractivity contribution in [3.63, 3.8) is 0 Å². The Morgan fingerprint density at radius 3 is 2.63 bits per heavy atom. The van der Waals surface area contributed by atoms with E-state index in [1.54, 1.807) is 49.1 Å². The van der Waals surface area contributed by atoms with E-state index in [2.05, 4.69) is 10.4 Å². The first-order valence-electron chi connectivity index (χ1n) is 10.4. The fourth-order valence-electron chi connectivity index (χ4n) is 3.65. The van der Waals surface area contributed by atoms with Crippen LogP contribution in [-0.2, 0) is 24.6 Å². The van der Waals surface area contributed by atoms with Gasteiger partial charge in [-0.15, -0.1) is 0 Å². The summed E-state index contributed by atoms with van der Waals surface area (Å²) in [5.74, 6) is 0.239. The van der Waals surface area contributed by atoms with Crippen molar-refractivity contribution in [1.29, 1.82) is 0 Å². The van der Waals surface area contributed by atoms with Gasteiger partial charge in [0.15, 0.2) is 5.11 Å². The van der Waals surface area contributed by atoms with Crippen molar-refractivity contribution in [3.05, 3.63) is 76.7 Å². The van der Waals surface area contributed by atoms with Gasteiger partial charge in [-0.2, -0.15) is 18.3 Å². The van der Waals surface area contributed by atoms with Crippen molar-refractivity contribution in [3.8, 4) is 11.5 Å². The van der Waals surface area contributed by atoms with Gasteiger partial charge in [0.1, 0.15) is 23.8 Å². The molecule has 0 saturated carbocycles. The Labute approximate surface area is 204 Å². The van der Waals surface area contributed by atoms with Crippen LogP contribution in [0.25, 0.3) is 6.08 Å². The average Bonchev–Trinajstić information content (AvgIpc) is 3.27. The fraction of sp³-hybridized carbons (Fsp3) is 0.208. The Balaban J connectivity index is 1.57. The molecule has 0 bridgehead atoms. The molecule has 182 valence electrons. The molecule has 0 atom stereocenters. The summed E-state index contributed by atoms with van der Waals surface area (Å²) in [4.78, 5) is 14.4. The SMILES string of the molecule is COc1ccc(/C=C2/NC(=S)N(c3cn(C)nc3C)C2=O)cc1COc1cccc(C(F)(F)F)c1. The molecule has 1 saturated heterocycles. The lowest BCUT2D eigenvalue weighted by molar-refractivity contribution is -0.137. The fourth-order valence-corrected chi connectivity index (χ4v) is 3.94. The molecule has 1 amide bonds. The van der Waals surface area contributed by atoms with Gasteiger partial charge in [0.2, 0.25) is 0 Å². The van der Waals surface area contributed by atoms with Crippen LogP contribution in [0.3, 0.4) is 0 Å². The molecular formula is C24H21F3N4O3S. The first-order chi connectivity index (χ1) is 16.6. The Morgan fingerprint density at radius 1 is 1.20 bits per heavy atom. The first-order valence-corrected chi connectivity index (χ1v) is 10.8. The third kappa shape index (κ3) is 5.14. The second-order valence-electron chi connectivity index (χ2n) is 7.79. The highest BCUT2D eigenvalue weighted by Gasteiger charge is 2.34. The maximum absolute atomic E-state index is 13.0. The van der Waals surface area contributed by atoms with Crippen LogP contribution >= 0.6 is 12.2 Å². The van der Waals surface area contributed by atoms with Gasteiger partial charge in [-0.25, -0.2) is 4.90 Å². The lowest BCUT2D eigenvalue weighted by atomic mass is 10.1. The highest BCUT2D eigenvalue weighted by Crippen LogP contribution is 2.32. The van der Waals surface area contributed by atoms with Crippen LogP contribution in [0.5, 0.6) is 11.5 Å². The van der Waals surface area contributed by atoms with Crippen LogP contribution in [-0.4, -0.2) is 27.9 Å². The average molecular weight is 503 g/mol. The standard InChI is InChI=1S/C24H21F3N4O3S/c1-14-20(12-30(2)29-14)31-22(32)19(28-23(31)35)10-15-7-8-21(33-3)16(9-15)13-34-18-6-4-5-17(11-18)24(25,26)27/h4-12H,13H2,1-3H3,(H,28,35)/b19-10+. The van der Waals surface area contributed by atoms with Gasteiger partial charge in [-0.1, -0.05) is 12.1 Å². The quantitative estimate of drug-likeness (QED) is 0.393. The molecule has 2 heterocycles. The number of methoxy groups -OCH3 is 1. The summed E-state index contributed by atoms with van der Waals surface area (Å²) in [6, 6.07) is 9.82. The predicted molar refractivity (Wildman–Crippen MR) is 128 cm³/mol. The van der Waals surface area contributed by atoms with Gasteiger partial charge in [0, 0.05) is 18.8 Å². The van der Waals surface area contributed by atoms with E-state index in [-0.39, 0.29) is 29.1 Å². The van der Waals surface area contributed by atoms with E-state index >= 15 is 0 Å².